The van der Waals surface area contributed by atoms with E-state index in [1.54, 1.807) is 18.5 Å². The number of amides is 1. The maximum absolute atomic E-state index is 12.5. The monoisotopic (exact) mass is 354 g/mol. The molecule has 3 rings (SSSR count). The van der Waals surface area contributed by atoms with Crippen molar-refractivity contribution in [2.75, 3.05) is 5.32 Å². The van der Waals surface area contributed by atoms with Gasteiger partial charge in [-0.2, -0.15) is 0 Å². The number of nitrogens with one attached hydrogen (secondary N) is 1. The van der Waals surface area contributed by atoms with Gasteiger partial charge in [-0.3, -0.25) is 9.78 Å². The average Bonchev–Trinajstić information content (AvgIpc) is 3.07. The predicted octanol–water partition coefficient (Wildman–Crippen LogP) is 3.87. The number of benzene rings is 1. The van der Waals surface area contributed by atoms with Crippen LogP contribution in [0.15, 0.2) is 52.4 Å². The van der Waals surface area contributed by atoms with Crippen molar-refractivity contribution >= 4 is 23.4 Å². The third-order valence-electron chi connectivity index (χ3n) is 3.69. The standard InChI is InChI=1S/C18H18N4O2S/c1-11-6-4-7-12(2)15(11)20-16(23)13(3)25-18-22-21-17(24-18)14-8-5-9-19-10-14/h4-10,13H,1-3H3,(H,20,23)/t13-/m1/s1. The number of aryl methyl sites for hydroxylation is 2. The Balaban J connectivity index is 1.67. The third-order valence-corrected chi connectivity index (χ3v) is 4.63. The number of anilines is 1. The Morgan fingerprint density at radius 1 is 1.16 bits per heavy atom. The van der Waals surface area contributed by atoms with Gasteiger partial charge in [-0.25, -0.2) is 0 Å². The molecule has 0 unspecified atom stereocenters. The van der Waals surface area contributed by atoms with E-state index in [0.29, 0.717) is 11.1 Å². The van der Waals surface area contributed by atoms with E-state index >= 15 is 0 Å². The zero-order valence-electron chi connectivity index (χ0n) is 14.2. The Bertz CT molecular complexity index is 860. The molecule has 1 aromatic carbocycles. The summed E-state index contributed by atoms with van der Waals surface area (Å²) < 4.78 is 5.61. The van der Waals surface area contributed by atoms with Gasteiger partial charge in [-0.05, 0) is 44.0 Å². The van der Waals surface area contributed by atoms with Crippen LogP contribution in [-0.2, 0) is 4.79 Å². The predicted molar refractivity (Wildman–Crippen MR) is 97.4 cm³/mol. The van der Waals surface area contributed by atoms with E-state index in [-0.39, 0.29) is 11.2 Å². The molecule has 0 fully saturated rings. The molecule has 6 nitrogen and oxygen atoms in total. The molecular formula is C18H18N4O2S. The van der Waals surface area contributed by atoms with Gasteiger partial charge in [0, 0.05) is 18.1 Å². The zero-order chi connectivity index (χ0) is 17.8. The number of hydrogen-bond acceptors (Lipinski definition) is 6. The second kappa shape index (κ2) is 7.48. The van der Waals surface area contributed by atoms with Gasteiger partial charge < -0.3 is 9.73 Å². The molecule has 3 aromatic rings. The van der Waals surface area contributed by atoms with Crippen LogP contribution in [0.3, 0.4) is 0 Å². The van der Waals surface area contributed by atoms with Crippen molar-refractivity contribution in [3.8, 4) is 11.5 Å². The summed E-state index contributed by atoms with van der Waals surface area (Å²) in [6, 6.07) is 9.55. The van der Waals surface area contributed by atoms with Crippen LogP contribution in [0, 0.1) is 13.8 Å². The second-order valence-corrected chi connectivity index (χ2v) is 6.92. The van der Waals surface area contributed by atoms with Crippen LogP contribution in [0.2, 0.25) is 0 Å². The molecule has 25 heavy (non-hydrogen) atoms. The lowest BCUT2D eigenvalue weighted by Crippen LogP contribution is -2.23. The van der Waals surface area contributed by atoms with Crippen LogP contribution in [0.4, 0.5) is 5.69 Å². The minimum absolute atomic E-state index is 0.108. The van der Waals surface area contributed by atoms with Crippen molar-refractivity contribution in [1.82, 2.24) is 15.2 Å². The summed E-state index contributed by atoms with van der Waals surface area (Å²) in [4.78, 5) is 16.5. The van der Waals surface area contributed by atoms with Crippen LogP contribution < -0.4 is 5.32 Å². The number of thioether (sulfide) groups is 1. The number of nitrogens with zero attached hydrogens (tertiary/aromatic N) is 3. The quantitative estimate of drug-likeness (QED) is 0.701. The van der Waals surface area contributed by atoms with E-state index in [9.17, 15) is 4.79 Å². The van der Waals surface area contributed by atoms with E-state index in [1.807, 2.05) is 45.0 Å². The summed E-state index contributed by atoms with van der Waals surface area (Å²) in [5.41, 5.74) is 3.65. The lowest BCUT2D eigenvalue weighted by Gasteiger charge is -2.14. The fourth-order valence-corrected chi connectivity index (χ4v) is 2.99. The van der Waals surface area contributed by atoms with Crippen LogP contribution >= 0.6 is 11.8 Å². The van der Waals surface area contributed by atoms with E-state index in [0.717, 1.165) is 22.4 Å². The van der Waals surface area contributed by atoms with Crippen molar-refractivity contribution in [2.45, 2.75) is 31.2 Å². The molecule has 1 atom stereocenters. The number of hydrogen-bond donors (Lipinski definition) is 1. The summed E-state index contributed by atoms with van der Waals surface area (Å²) >= 11 is 1.23. The topological polar surface area (TPSA) is 80.9 Å². The molecule has 7 heteroatoms. The van der Waals surface area contributed by atoms with Gasteiger partial charge in [0.05, 0.1) is 10.8 Å². The van der Waals surface area contributed by atoms with Gasteiger partial charge in [0.25, 0.3) is 5.22 Å². The molecule has 0 bridgehead atoms. The summed E-state index contributed by atoms with van der Waals surface area (Å²) in [6.07, 6.45) is 3.33. The van der Waals surface area contributed by atoms with Gasteiger partial charge in [0.15, 0.2) is 0 Å². The highest BCUT2D eigenvalue weighted by molar-refractivity contribution is 8.00. The van der Waals surface area contributed by atoms with Gasteiger partial charge in [-0.15, -0.1) is 10.2 Å². The molecule has 0 spiro atoms. The molecule has 0 aliphatic carbocycles. The zero-order valence-corrected chi connectivity index (χ0v) is 15.0. The first-order valence-corrected chi connectivity index (χ1v) is 8.70. The SMILES string of the molecule is Cc1cccc(C)c1NC(=O)[C@@H](C)Sc1nnc(-c2cccnc2)o1. The summed E-state index contributed by atoms with van der Waals surface area (Å²) in [7, 11) is 0. The number of carbonyl (C=O) groups excluding carboxylic acids is 1. The molecular weight excluding hydrogens is 336 g/mol. The molecule has 0 saturated heterocycles. The number of aromatic nitrogens is 3. The molecule has 0 saturated carbocycles. The first-order valence-electron chi connectivity index (χ1n) is 7.82. The van der Waals surface area contributed by atoms with Crippen LogP contribution in [0.5, 0.6) is 0 Å². The molecule has 0 aliphatic rings. The van der Waals surface area contributed by atoms with E-state index in [1.165, 1.54) is 11.8 Å². The summed E-state index contributed by atoms with van der Waals surface area (Å²) in [5, 5.41) is 11.0. The Morgan fingerprint density at radius 2 is 1.92 bits per heavy atom. The van der Waals surface area contributed by atoms with Gasteiger partial charge in [-0.1, -0.05) is 30.0 Å². The molecule has 0 radical (unpaired) electrons. The number of pyridine rings is 1. The normalized spacial score (nSPS) is 12.0. The maximum atomic E-state index is 12.5. The number of rotatable bonds is 5. The van der Waals surface area contributed by atoms with E-state index < -0.39 is 0 Å². The van der Waals surface area contributed by atoms with Crippen molar-refractivity contribution in [3.63, 3.8) is 0 Å². The van der Waals surface area contributed by atoms with Crippen molar-refractivity contribution in [2.24, 2.45) is 0 Å². The minimum atomic E-state index is -0.374. The van der Waals surface area contributed by atoms with Gasteiger partial charge >= 0.3 is 0 Å². The van der Waals surface area contributed by atoms with Crippen LogP contribution in [0.1, 0.15) is 18.1 Å². The molecule has 1 N–H and O–H groups in total. The Labute approximate surface area is 150 Å². The summed E-state index contributed by atoms with van der Waals surface area (Å²) in [5.74, 6) is 0.279. The highest BCUT2D eigenvalue weighted by Crippen LogP contribution is 2.27. The van der Waals surface area contributed by atoms with Gasteiger partial charge in [0.1, 0.15) is 0 Å². The first-order chi connectivity index (χ1) is 12.0. The fourth-order valence-electron chi connectivity index (χ4n) is 2.30. The minimum Gasteiger partial charge on any atom is -0.411 e. The van der Waals surface area contributed by atoms with E-state index in [2.05, 4.69) is 20.5 Å². The fraction of sp³-hybridized carbons (Fsp3) is 0.222. The smallest absolute Gasteiger partial charge is 0.277 e. The molecule has 2 aromatic heterocycles. The molecule has 2 heterocycles. The average molecular weight is 354 g/mol. The lowest BCUT2D eigenvalue weighted by atomic mass is 10.1. The van der Waals surface area contributed by atoms with Crippen molar-refractivity contribution < 1.29 is 9.21 Å². The molecule has 0 aliphatic heterocycles. The molecule has 1 amide bonds. The molecule has 128 valence electrons. The van der Waals surface area contributed by atoms with Crippen molar-refractivity contribution in [3.05, 3.63) is 53.9 Å². The second-order valence-electron chi connectivity index (χ2n) is 5.63. The lowest BCUT2D eigenvalue weighted by molar-refractivity contribution is -0.115. The Hall–Kier alpha value is -2.67. The number of carbonyl (C=O) groups is 1. The van der Waals surface area contributed by atoms with Crippen LogP contribution in [0.25, 0.3) is 11.5 Å². The largest absolute Gasteiger partial charge is 0.411 e. The van der Waals surface area contributed by atoms with Crippen molar-refractivity contribution in [1.29, 1.82) is 0 Å². The van der Waals surface area contributed by atoms with Crippen LogP contribution in [-0.4, -0.2) is 26.3 Å². The first kappa shape index (κ1) is 17.2. The highest BCUT2D eigenvalue weighted by atomic mass is 32.2. The van der Waals surface area contributed by atoms with E-state index in [4.69, 9.17) is 4.42 Å². The third kappa shape index (κ3) is 4.06. The highest BCUT2D eigenvalue weighted by Gasteiger charge is 2.20. The summed E-state index contributed by atoms with van der Waals surface area (Å²) in [6.45, 7) is 5.75. The Morgan fingerprint density at radius 3 is 2.60 bits per heavy atom. The van der Waals surface area contributed by atoms with Gasteiger partial charge in [0.2, 0.25) is 11.8 Å². The Kier molecular flexibility index (Phi) is 5.14. The maximum Gasteiger partial charge on any atom is 0.277 e. The number of para-hydroxylation sites is 1.